The van der Waals surface area contributed by atoms with Crippen LogP contribution in [0, 0.1) is 0 Å². The molecule has 0 fully saturated rings. The van der Waals surface area contributed by atoms with Crippen LogP contribution < -0.4 is 5.56 Å². The molecule has 3 rings (SSSR count). The standard InChI is InChI=1S/C25H31N3O5S/c1-6-16(3)28(17(4)7-2)22(29)15-34-25-26-21-13-18(24(31)32-5)10-11-20(21)23(30)27(25)14-19-9-8-12-33-19/h8-13,16-17H,6-7,14-15H2,1-5H3/t16-,17-/m1/s1. The second kappa shape index (κ2) is 11.4. The predicted octanol–water partition coefficient (Wildman–Crippen LogP) is 4.34. The van der Waals surface area contributed by atoms with Gasteiger partial charge in [-0.1, -0.05) is 25.6 Å². The number of ether oxygens (including phenoxy) is 1. The maximum Gasteiger partial charge on any atom is 0.337 e. The summed E-state index contributed by atoms with van der Waals surface area (Å²) < 4.78 is 11.7. The lowest BCUT2D eigenvalue weighted by Crippen LogP contribution is -2.45. The first kappa shape index (κ1) is 25.6. The Morgan fingerprint density at radius 1 is 1.18 bits per heavy atom. The largest absolute Gasteiger partial charge is 0.467 e. The second-order valence-electron chi connectivity index (χ2n) is 8.19. The number of carbonyl (C=O) groups is 2. The lowest BCUT2D eigenvalue weighted by atomic mass is 10.1. The molecule has 0 radical (unpaired) electrons. The highest BCUT2D eigenvalue weighted by Crippen LogP contribution is 2.22. The molecule has 3 aromatic rings. The number of methoxy groups -OCH3 is 1. The molecule has 1 amide bonds. The molecule has 0 saturated carbocycles. The van der Waals surface area contributed by atoms with E-state index in [9.17, 15) is 14.4 Å². The molecule has 9 heteroatoms. The monoisotopic (exact) mass is 485 g/mol. The molecule has 2 heterocycles. The van der Waals surface area contributed by atoms with E-state index in [1.807, 2.05) is 18.7 Å². The van der Waals surface area contributed by atoms with E-state index in [1.54, 1.807) is 30.5 Å². The minimum absolute atomic E-state index is 0.00379. The third kappa shape index (κ3) is 5.52. The van der Waals surface area contributed by atoms with Gasteiger partial charge in [0.2, 0.25) is 5.91 Å². The molecule has 1 aromatic carbocycles. The average molecular weight is 486 g/mol. The van der Waals surface area contributed by atoms with Gasteiger partial charge in [0, 0.05) is 12.1 Å². The van der Waals surface area contributed by atoms with Crippen molar-refractivity contribution in [3.05, 3.63) is 58.3 Å². The topological polar surface area (TPSA) is 94.6 Å². The number of furan rings is 1. The zero-order valence-electron chi connectivity index (χ0n) is 20.2. The Hall–Kier alpha value is -3.07. The Morgan fingerprint density at radius 2 is 1.88 bits per heavy atom. The number of hydrogen-bond donors (Lipinski definition) is 0. The first-order valence-corrected chi connectivity index (χ1v) is 12.4. The molecular formula is C25H31N3O5S. The van der Waals surface area contributed by atoms with Crippen LogP contribution in [0.15, 0.2) is 51.0 Å². The summed E-state index contributed by atoms with van der Waals surface area (Å²) in [4.78, 5) is 45.1. The van der Waals surface area contributed by atoms with Gasteiger partial charge in [0.25, 0.3) is 5.56 Å². The van der Waals surface area contributed by atoms with Crippen LogP contribution in [0.4, 0.5) is 0 Å². The smallest absolute Gasteiger partial charge is 0.337 e. The van der Waals surface area contributed by atoms with Crippen LogP contribution in [0.25, 0.3) is 10.9 Å². The molecule has 182 valence electrons. The van der Waals surface area contributed by atoms with Gasteiger partial charge in [-0.05, 0) is 57.0 Å². The van der Waals surface area contributed by atoms with Gasteiger partial charge in [-0.25, -0.2) is 9.78 Å². The zero-order chi connectivity index (χ0) is 24.8. The van der Waals surface area contributed by atoms with Crippen molar-refractivity contribution in [2.24, 2.45) is 0 Å². The fraction of sp³-hybridized carbons (Fsp3) is 0.440. The van der Waals surface area contributed by atoms with Gasteiger partial charge in [-0.15, -0.1) is 0 Å². The number of aromatic nitrogens is 2. The fourth-order valence-corrected chi connectivity index (χ4v) is 4.64. The van der Waals surface area contributed by atoms with E-state index in [1.165, 1.54) is 29.5 Å². The summed E-state index contributed by atoms with van der Waals surface area (Å²) >= 11 is 1.21. The highest BCUT2D eigenvalue weighted by atomic mass is 32.2. The maximum atomic E-state index is 13.4. The van der Waals surface area contributed by atoms with Crippen molar-refractivity contribution in [1.82, 2.24) is 14.5 Å². The molecule has 0 spiro atoms. The number of carbonyl (C=O) groups excluding carboxylic acids is 2. The van der Waals surface area contributed by atoms with Gasteiger partial charge in [-0.3, -0.25) is 14.2 Å². The summed E-state index contributed by atoms with van der Waals surface area (Å²) in [6, 6.07) is 8.41. The quantitative estimate of drug-likeness (QED) is 0.239. The SMILES string of the molecule is CC[C@@H](C)N(C(=O)CSc1nc2cc(C(=O)OC)ccc2c(=O)n1Cc1ccco1)[C@H](C)CC. The van der Waals surface area contributed by atoms with E-state index < -0.39 is 5.97 Å². The van der Waals surface area contributed by atoms with Crippen molar-refractivity contribution >= 4 is 34.5 Å². The molecule has 0 aliphatic rings. The highest BCUT2D eigenvalue weighted by Gasteiger charge is 2.24. The zero-order valence-corrected chi connectivity index (χ0v) is 21.1. The number of hydrogen-bond acceptors (Lipinski definition) is 7. The molecule has 0 N–H and O–H groups in total. The molecule has 0 bridgehead atoms. The summed E-state index contributed by atoms with van der Waals surface area (Å²) in [7, 11) is 1.30. The Labute approximate surface area is 203 Å². The number of rotatable bonds is 10. The van der Waals surface area contributed by atoms with Gasteiger partial charge >= 0.3 is 5.97 Å². The van der Waals surface area contributed by atoms with Crippen LogP contribution in [0.2, 0.25) is 0 Å². The van der Waals surface area contributed by atoms with Crippen molar-refractivity contribution < 1.29 is 18.7 Å². The minimum Gasteiger partial charge on any atom is -0.467 e. The van der Waals surface area contributed by atoms with E-state index >= 15 is 0 Å². The fourth-order valence-electron chi connectivity index (χ4n) is 3.77. The van der Waals surface area contributed by atoms with E-state index in [-0.39, 0.29) is 35.8 Å². The van der Waals surface area contributed by atoms with E-state index in [0.717, 1.165) is 12.8 Å². The summed E-state index contributed by atoms with van der Waals surface area (Å²) in [5.74, 6) is 0.228. The predicted molar refractivity (Wildman–Crippen MR) is 132 cm³/mol. The number of fused-ring (bicyclic) bond motifs is 1. The van der Waals surface area contributed by atoms with Gasteiger partial charge in [0.05, 0.1) is 42.1 Å². The van der Waals surface area contributed by atoms with Gasteiger partial charge in [-0.2, -0.15) is 0 Å². The van der Waals surface area contributed by atoms with Crippen molar-refractivity contribution in [2.45, 2.75) is 64.3 Å². The minimum atomic E-state index is -0.509. The number of benzene rings is 1. The van der Waals surface area contributed by atoms with Crippen LogP contribution in [-0.4, -0.2) is 51.3 Å². The van der Waals surface area contributed by atoms with E-state index in [4.69, 9.17) is 9.15 Å². The second-order valence-corrected chi connectivity index (χ2v) is 9.14. The third-order valence-corrected chi connectivity index (χ3v) is 6.94. The van der Waals surface area contributed by atoms with Crippen LogP contribution in [0.1, 0.15) is 56.7 Å². The molecule has 8 nitrogen and oxygen atoms in total. The lowest BCUT2D eigenvalue weighted by molar-refractivity contribution is -0.132. The van der Waals surface area contributed by atoms with Crippen molar-refractivity contribution in [3.8, 4) is 0 Å². The molecule has 34 heavy (non-hydrogen) atoms. The van der Waals surface area contributed by atoms with Gasteiger partial charge in [0.15, 0.2) is 5.16 Å². The molecule has 0 unspecified atom stereocenters. The molecule has 0 saturated heterocycles. The Bertz CT molecular complexity index is 1200. The highest BCUT2D eigenvalue weighted by molar-refractivity contribution is 7.99. The average Bonchev–Trinajstić information content (AvgIpc) is 3.36. The lowest BCUT2D eigenvalue weighted by Gasteiger charge is -2.34. The number of esters is 1. The van der Waals surface area contributed by atoms with Crippen LogP contribution >= 0.6 is 11.8 Å². The first-order chi connectivity index (χ1) is 16.3. The van der Waals surface area contributed by atoms with Crippen LogP contribution in [0.3, 0.4) is 0 Å². The van der Waals surface area contributed by atoms with E-state index in [2.05, 4.69) is 18.8 Å². The number of thioether (sulfide) groups is 1. The molecule has 2 atom stereocenters. The number of amides is 1. The van der Waals surface area contributed by atoms with Crippen LogP contribution in [-0.2, 0) is 16.1 Å². The summed E-state index contributed by atoms with van der Waals surface area (Å²) in [5, 5.41) is 0.758. The Kier molecular flexibility index (Phi) is 8.55. The molecule has 0 aliphatic carbocycles. The van der Waals surface area contributed by atoms with Crippen LogP contribution in [0.5, 0.6) is 0 Å². The third-order valence-electron chi connectivity index (χ3n) is 5.98. The van der Waals surface area contributed by atoms with Crippen molar-refractivity contribution in [1.29, 1.82) is 0 Å². The summed E-state index contributed by atoms with van der Waals surface area (Å²) in [5.41, 5.74) is 0.408. The van der Waals surface area contributed by atoms with E-state index in [0.29, 0.717) is 27.4 Å². The van der Waals surface area contributed by atoms with Gasteiger partial charge < -0.3 is 14.1 Å². The summed E-state index contributed by atoms with van der Waals surface area (Å²) in [6.45, 7) is 8.40. The number of nitrogens with zero attached hydrogens (tertiary/aromatic N) is 3. The molecule has 0 aliphatic heterocycles. The summed E-state index contributed by atoms with van der Waals surface area (Å²) in [6.07, 6.45) is 3.26. The Balaban J connectivity index is 2.01. The van der Waals surface area contributed by atoms with Crippen molar-refractivity contribution in [2.75, 3.05) is 12.9 Å². The molecule has 2 aromatic heterocycles. The maximum absolute atomic E-state index is 13.4. The first-order valence-electron chi connectivity index (χ1n) is 11.4. The normalized spacial score (nSPS) is 13.0. The molecular weight excluding hydrogens is 454 g/mol. The Morgan fingerprint density at radius 3 is 2.47 bits per heavy atom. The van der Waals surface area contributed by atoms with Gasteiger partial charge in [0.1, 0.15) is 5.76 Å². The van der Waals surface area contributed by atoms with Crippen molar-refractivity contribution in [3.63, 3.8) is 0 Å².